The van der Waals surface area contributed by atoms with Crippen LogP contribution in [0.1, 0.15) is 5.56 Å². The summed E-state index contributed by atoms with van der Waals surface area (Å²) in [5, 5.41) is 10.6. The third-order valence-electron chi connectivity index (χ3n) is 2.04. The molecule has 82 valence electrons. The molecule has 1 heterocycles. The number of carboxylic acid groups (broad SMARTS) is 1. The Hall–Kier alpha value is -2.37. The highest BCUT2D eigenvalue weighted by molar-refractivity contribution is 6.31. The molecule has 16 heavy (non-hydrogen) atoms. The molecule has 1 amide bonds. The average Bonchev–Trinajstić information content (AvgIpc) is 2.72. The molecule has 2 rings (SSSR count). The fourth-order valence-corrected chi connectivity index (χ4v) is 1.27. The van der Waals surface area contributed by atoms with Crippen LogP contribution < -0.4 is 5.32 Å². The molecule has 0 fully saturated rings. The maximum absolute atomic E-state index is 10.8. The number of carbonyl (C=O) groups is 2. The summed E-state index contributed by atoms with van der Waals surface area (Å²) in [5.41, 5.74) is 2.06. The quantitative estimate of drug-likeness (QED) is 0.720. The van der Waals surface area contributed by atoms with Crippen LogP contribution in [0.3, 0.4) is 0 Å². The Morgan fingerprint density at radius 2 is 2.25 bits per heavy atom. The Bertz CT molecular complexity index is 546. The van der Waals surface area contributed by atoms with Crippen LogP contribution in [-0.2, 0) is 16.1 Å². The molecule has 0 radical (unpaired) electrons. The van der Waals surface area contributed by atoms with E-state index in [0.717, 1.165) is 5.56 Å². The number of hydrogen-bond donors (Lipinski definition) is 2. The first kappa shape index (κ1) is 10.2. The van der Waals surface area contributed by atoms with Crippen molar-refractivity contribution in [2.45, 2.75) is 6.54 Å². The second-order valence-electron chi connectivity index (χ2n) is 3.14. The highest BCUT2D eigenvalue weighted by Gasteiger charge is 2.10. The lowest BCUT2D eigenvalue weighted by atomic mass is 10.2. The first-order chi connectivity index (χ1) is 7.66. The van der Waals surface area contributed by atoms with E-state index in [2.05, 4.69) is 10.3 Å². The molecular formula is C10H8N2O4. The molecule has 6 nitrogen and oxygen atoms in total. The largest absolute Gasteiger partial charge is 0.474 e. The summed E-state index contributed by atoms with van der Waals surface area (Å²) in [7, 11) is 0. The molecule has 0 aliphatic heterocycles. The highest BCUT2D eigenvalue weighted by Crippen LogP contribution is 2.13. The van der Waals surface area contributed by atoms with Gasteiger partial charge in [-0.3, -0.25) is 4.79 Å². The Labute approximate surface area is 89.9 Å². The zero-order valence-electron chi connectivity index (χ0n) is 8.14. The number of fused-ring (bicyclic) bond motifs is 1. The molecule has 0 unspecified atom stereocenters. The Balaban J connectivity index is 2.09. The lowest BCUT2D eigenvalue weighted by Gasteiger charge is -2.01. The minimum absolute atomic E-state index is 0.141. The summed E-state index contributed by atoms with van der Waals surface area (Å²) >= 11 is 0. The first-order valence-corrected chi connectivity index (χ1v) is 4.50. The summed E-state index contributed by atoms with van der Waals surface area (Å²) in [6.07, 6.45) is 1.32. The van der Waals surface area contributed by atoms with Gasteiger partial charge in [-0.15, -0.1) is 0 Å². The summed E-state index contributed by atoms with van der Waals surface area (Å²) < 4.78 is 5.07. The van der Waals surface area contributed by atoms with Gasteiger partial charge >= 0.3 is 11.9 Å². The molecule has 0 spiro atoms. The first-order valence-electron chi connectivity index (χ1n) is 4.50. The molecule has 6 heteroatoms. The molecule has 1 aromatic carbocycles. The van der Waals surface area contributed by atoms with Gasteiger partial charge in [0.2, 0.25) is 0 Å². The van der Waals surface area contributed by atoms with Gasteiger partial charge < -0.3 is 14.8 Å². The van der Waals surface area contributed by atoms with E-state index in [9.17, 15) is 9.59 Å². The number of aromatic nitrogens is 1. The number of amides is 1. The van der Waals surface area contributed by atoms with E-state index in [0.29, 0.717) is 11.1 Å². The van der Waals surface area contributed by atoms with E-state index in [1.807, 2.05) is 0 Å². The van der Waals surface area contributed by atoms with E-state index in [4.69, 9.17) is 9.52 Å². The van der Waals surface area contributed by atoms with Crippen LogP contribution in [0.25, 0.3) is 11.1 Å². The second-order valence-corrected chi connectivity index (χ2v) is 3.14. The molecular weight excluding hydrogens is 212 g/mol. The monoisotopic (exact) mass is 220 g/mol. The van der Waals surface area contributed by atoms with Crippen molar-refractivity contribution in [3.05, 3.63) is 30.2 Å². The Morgan fingerprint density at radius 3 is 3.00 bits per heavy atom. The van der Waals surface area contributed by atoms with Gasteiger partial charge in [0, 0.05) is 6.54 Å². The molecule has 2 N–H and O–H groups in total. The van der Waals surface area contributed by atoms with E-state index >= 15 is 0 Å². The van der Waals surface area contributed by atoms with Crippen LogP contribution in [0.4, 0.5) is 0 Å². The minimum Gasteiger partial charge on any atom is -0.474 e. The zero-order valence-corrected chi connectivity index (χ0v) is 8.14. The lowest BCUT2D eigenvalue weighted by Crippen LogP contribution is -2.29. The predicted molar refractivity (Wildman–Crippen MR) is 53.5 cm³/mol. The fraction of sp³-hybridized carbons (Fsp3) is 0.100. The van der Waals surface area contributed by atoms with Gasteiger partial charge in [-0.2, -0.15) is 0 Å². The summed E-state index contributed by atoms with van der Waals surface area (Å²) in [6.45, 7) is 0.141. The Morgan fingerprint density at radius 1 is 1.44 bits per heavy atom. The maximum Gasteiger partial charge on any atom is 0.394 e. The van der Waals surface area contributed by atoms with Gasteiger partial charge in [-0.25, -0.2) is 9.78 Å². The summed E-state index contributed by atoms with van der Waals surface area (Å²) in [6, 6.07) is 5.18. The van der Waals surface area contributed by atoms with E-state index < -0.39 is 11.9 Å². The number of nitrogens with zero attached hydrogens (tertiary/aromatic N) is 1. The van der Waals surface area contributed by atoms with E-state index in [1.165, 1.54) is 6.39 Å². The van der Waals surface area contributed by atoms with Crippen molar-refractivity contribution in [1.82, 2.24) is 10.3 Å². The molecule has 0 aliphatic rings. The van der Waals surface area contributed by atoms with Crippen molar-refractivity contribution in [3.63, 3.8) is 0 Å². The smallest absolute Gasteiger partial charge is 0.394 e. The topological polar surface area (TPSA) is 92.4 Å². The number of oxazole rings is 1. The number of rotatable bonds is 2. The van der Waals surface area contributed by atoms with E-state index in [1.54, 1.807) is 18.2 Å². The minimum atomic E-state index is -1.50. The van der Waals surface area contributed by atoms with Gasteiger partial charge in [0.05, 0.1) is 0 Å². The zero-order chi connectivity index (χ0) is 11.5. The van der Waals surface area contributed by atoms with Gasteiger partial charge in [0.15, 0.2) is 12.0 Å². The third-order valence-corrected chi connectivity index (χ3v) is 2.04. The molecule has 1 aromatic heterocycles. The van der Waals surface area contributed by atoms with Gasteiger partial charge in [-0.05, 0) is 17.7 Å². The number of carbonyl (C=O) groups excluding carboxylic acids is 1. The molecule has 0 saturated carbocycles. The number of hydrogen-bond acceptors (Lipinski definition) is 4. The van der Waals surface area contributed by atoms with E-state index in [-0.39, 0.29) is 6.54 Å². The maximum atomic E-state index is 10.8. The average molecular weight is 220 g/mol. The van der Waals surface area contributed by atoms with Gasteiger partial charge in [0.25, 0.3) is 0 Å². The van der Waals surface area contributed by atoms with Crippen LogP contribution >= 0.6 is 0 Å². The van der Waals surface area contributed by atoms with Crippen molar-refractivity contribution in [1.29, 1.82) is 0 Å². The van der Waals surface area contributed by atoms with Crippen LogP contribution in [0, 0.1) is 0 Å². The van der Waals surface area contributed by atoms with Crippen molar-refractivity contribution >= 4 is 23.0 Å². The highest BCUT2D eigenvalue weighted by atomic mass is 16.4. The number of nitrogens with one attached hydrogen (secondary N) is 1. The number of benzene rings is 1. The predicted octanol–water partition coefficient (Wildman–Crippen LogP) is 0.529. The molecule has 0 saturated heterocycles. The summed E-state index contributed by atoms with van der Waals surface area (Å²) in [5.74, 6) is -2.53. The van der Waals surface area contributed by atoms with Crippen molar-refractivity contribution in [2.24, 2.45) is 0 Å². The van der Waals surface area contributed by atoms with Gasteiger partial charge in [-0.1, -0.05) is 6.07 Å². The number of aliphatic carboxylic acids is 1. The van der Waals surface area contributed by atoms with Crippen LogP contribution in [-0.4, -0.2) is 22.0 Å². The Kier molecular flexibility index (Phi) is 2.55. The third kappa shape index (κ3) is 2.00. The number of carboxylic acids is 1. The van der Waals surface area contributed by atoms with Gasteiger partial charge in [0.1, 0.15) is 5.52 Å². The molecule has 0 aliphatic carbocycles. The molecule has 0 atom stereocenters. The molecule has 2 aromatic rings. The van der Waals surface area contributed by atoms with Crippen molar-refractivity contribution < 1.29 is 19.1 Å². The van der Waals surface area contributed by atoms with Crippen molar-refractivity contribution in [2.75, 3.05) is 0 Å². The SMILES string of the molecule is O=C(O)C(=O)NCc1ccc2ncoc2c1. The van der Waals surface area contributed by atoms with Crippen molar-refractivity contribution in [3.8, 4) is 0 Å². The molecule has 0 bridgehead atoms. The normalized spacial score (nSPS) is 10.2. The second kappa shape index (κ2) is 4.01. The van der Waals surface area contributed by atoms with Crippen LogP contribution in [0.5, 0.6) is 0 Å². The lowest BCUT2D eigenvalue weighted by molar-refractivity contribution is -0.150. The standard InChI is InChI=1S/C10H8N2O4/c13-9(10(14)15)11-4-6-1-2-7-8(3-6)16-5-12-7/h1-3,5H,4H2,(H,11,13)(H,14,15). The summed E-state index contributed by atoms with van der Waals surface area (Å²) in [4.78, 5) is 25.0. The van der Waals surface area contributed by atoms with Crippen LogP contribution in [0.15, 0.2) is 29.0 Å². The van der Waals surface area contributed by atoms with Crippen LogP contribution in [0.2, 0.25) is 0 Å². The fourth-order valence-electron chi connectivity index (χ4n) is 1.27.